The summed E-state index contributed by atoms with van der Waals surface area (Å²) >= 11 is 1.38. The number of nitrogens with zero attached hydrogens (tertiary/aromatic N) is 2. The number of rotatable bonds is 5. The van der Waals surface area contributed by atoms with Crippen LogP contribution in [0.5, 0.6) is 5.75 Å². The molecule has 3 rings (SSSR count). The topological polar surface area (TPSA) is 76.0 Å². The highest BCUT2D eigenvalue weighted by molar-refractivity contribution is 8.15. The van der Waals surface area contributed by atoms with E-state index in [1.165, 1.54) is 11.8 Å². The van der Waals surface area contributed by atoms with Crippen LogP contribution in [0.15, 0.2) is 41.9 Å². The van der Waals surface area contributed by atoms with E-state index in [0.29, 0.717) is 11.7 Å². The van der Waals surface area contributed by atoms with Crippen LogP contribution in [0.25, 0.3) is 0 Å². The highest BCUT2D eigenvalue weighted by atomic mass is 32.2. The number of carbonyl (C=O) groups excluding carboxylic acids is 1. The Morgan fingerprint density at radius 3 is 2.76 bits per heavy atom. The fraction of sp³-hybridized carbons (Fsp3) is 0.412. The molecule has 6 nitrogen and oxygen atoms in total. The second-order valence-corrected chi connectivity index (χ2v) is 9.41. The van der Waals surface area contributed by atoms with Crippen LogP contribution in [0.3, 0.4) is 0 Å². The monoisotopic (exact) mass is 380 g/mol. The predicted octanol–water partition coefficient (Wildman–Crippen LogP) is 1.52. The van der Waals surface area contributed by atoms with Gasteiger partial charge in [-0.25, -0.2) is 8.42 Å². The first-order valence-corrected chi connectivity index (χ1v) is 10.6. The van der Waals surface area contributed by atoms with Gasteiger partial charge in [-0.15, -0.1) is 6.58 Å². The molecule has 8 heteroatoms. The Hall–Kier alpha value is -1.80. The van der Waals surface area contributed by atoms with Gasteiger partial charge in [-0.1, -0.05) is 30.0 Å². The molecule has 0 bridgehead atoms. The highest BCUT2D eigenvalue weighted by Gasteiger charge is 2.48. The molecule has 2 atom stereocenters. The van der Waals surface area contributed by atoms with E-state index in [2.05, 4.69) is 11.6 Å². The summed E-state index contributed by atoms with van der Waals surface area (Å²) in [7, 11) is -1.42. The smallest absolute Gasteiger partial charge is 0.252 e. The molecule has 1 aromatic rings. The quantitative estimate of drug-likeness (QED) is 0.721. The normalized spacial score (nSPS) is 25.8. The molecule has 2 fully saturated rings. The van der Waals surface area contributed by atoms with Gasteiger partial charge >= 0.3 is 0 Å². The van der Waals surface area contributed by atoms with Crippen molar-refractivity contribution in [2.24, 2.45) is 4.99 Å². The standard InChI is InChI=1S/C17H20N2O4S2/c1-3-8-19-14-10-25(21,22)11-15(14)24-17(19)18-16(20)9-12-4-6-13(23-2)7-5-12/h3-7,14-15H,1,8-11H2,2H3/t14-,15+/m0/s1. The van der Waals surface area contributed by atoms with Crippen molar-refractivity contribution >= 4 is 32.7 Å². The van der Waals surface area contributed by atoms with E-state index in [9.17, 15) is 13.2 Å². The van der Waals surface area contributed by atoms with E-state index in [1.54, 1.807) is 25.3 Å². The number of carbonyl (C=O) groups is 1. The van der Waals surface area contributed by atoms with Gasteiger partial charge in [0, 0.05) is 11.8 Å². The van der Waals surface area contributed by atoms with Gasteiger partial charge in [-0.05, 0) is 17.7 Å². The molecule has 1 amide bonds. The molecule has 1 aromatic carbocycles. The number of benzene rings is 1. The van der Waals surface area contributed by atoms with Crippen LogP contribution in [0, 0.1) is 0 Å². The van der Waals surface area contributed by atoms with Crippen molar-refractivity contribution in [3.63, 3.8) is 0 Å². The van der Waals surface area contributed by atoms with Crippen LogP contribution in [0.4, 0.5) is 0 Å². The number of aliphatic imine (C=N–C) groups is 1. The van der Waals surface area contributed by atoms with Gasteiger partial charge in [0.05, 0.1) is 31.1 Å². The lowest BCUT2D eigenvalue weighted by Crippen LogP contribution is -2.37. The number of sulfone groups is 1. The Morgan fingerprint density at radius 2 is 2.12 bits per heavy atom. The molecule has 0 aromatic heterocycles. The summed E-state index contributed by atoms with van der Waals surface area (Å²) < 4.78 is 28.8. The van der Waals surface area contributed by atoms with Crippen molar-refractivity contribution in [2.75, 3.05) is 25.2 Å². The number of fused-ring (bicyclic) bond motifs is 1. The van der Waals surface area contributed by atoms with Gasteiger partial charge in [-0.2, -0.15) is 4.99 Å². The molecular weight excluding hydrogens is 360 g/mol. The molecule has 0 aliphatic carbocycles. The van der Waals surface area contributed by atoms with Gasteiger partial charge in [0.1, 0.15) is 5.75 Å². The first-order chi connectivity index (χ1) is 11.9. The van der Waals surface area contributed by atoms with Crippen molar-refractivity contribution in [1.29, 1.82) is 0 Å². The number of hydrogen-bond donors (Lipinski definition) is 0. The third-order valence-corrected chi connectivity index (χ3v) is 7.48. The lowest BCUT2D eigenvalue weighted by molar-refractivity contribution is -0.117. The summed E-state index contributed by atoms with van der Waals surface area (Å²) in [6, 6.07) is 7.16. The Bertz CT molecular complexity index is 802. The van der Waals surface area contributed by atoms with Crippen molar-refractivity contribution < 1.29 is 17.9 Å². The maximum Gasteiger partial charge on any atom is 0.252 e. The van der Waals surface area contributed by atoms with Gasteiger partial charge in [0.15, 0.2) is 15.0 Å². The molecule has 2 heterocycles. The minimum Gasteiger partial charge on any atom is -0.497 e. The van der Waals surface area contributed by atoms with E-state index in [-0.39, 0.29) is 35.1 Å². The van der Waals surface area contributed by atoms with Crippen LogP contribution in [0.2, 0.25) is 0 Å². The molecule has 2 aliphatic heterocycles. The number of thioether (sulfide) groups is 1. The average Bonchev–Trinajstić information content (AvgIpc) is 3.01. The van der Waals surface area contributed by atoms with Crippen LogP contribution in [-0.2, 0) is 21.1 Å². The molecule has 25 heavy (non-hydrogen) atoms. The second-order valence-electron chi connectivity index (χ2n) is 6.05. The van der Waals surface area contributed by atoms with Gasteiger partial charge in [-0.3, -0.25) is 4.79 Å². The molecular formula is C17H20N2O4S2. The van der Waals surface area contributed by atoms with E-state index < -0.39 is 9.84 Å². The lowest BCUT2D eigenvalue weighted by Gasteiger charge is -2.22. The van der Waals surface area contributed by atoms with E-state index >= 15 is 0 Å². The van der Waals surface area contributed by atoms with E-state index in [0.717, 1.165) is 11.3 Å². The van der Waals surface area contributed by atoms with E-state index in [4.69, 9.17) is 4.74 Å². The number of hydrogen-bond acceptors (Lipinski definition) is 5. The number of methoxy groups -OCH3 is 1. The van der Waals surface area contributed by atoms with Gasteiger partial charge in [0.25, 0.3) is 5.91 Å². The van der Waals surface area contributed by atoms with E-state index in [1.807, 2.05) is 17.0 Å². The molecule has 0 unspecified atom stereocenters. The number of amidine groups is 1. The molecule has 134 valence electrons. The van der Waals surface area contributed by atoms with Crippen molar-refractivity contribution in [2.45, 2.75) is 17.7 Å². The first-order valence-electron chi connectivity index (χ1n) is 7.91. The Morgan fingerprint density at radius 1 is 1.40 bits per heavy atom. The molecule has 0 radical (unpaired) electrons. The van der Waals surface area contributed by atoms with Crippen molar-refractivity contribution in [3.8, 4) is 5.75 Å². The van der Waals surface area contributed by atoms with Crippen LogP contribution >= 0.6 is 11.8 Å². The predicted molar refractivity (Wildman–Crippen MR) is 99.9 cm³/mol. The minimum atomic E-state index is -3.01. The summed E-state index contributed by atoms with van der Waals surface area (Å²) in [5.74, 6) is 0.746. The van der Waals surface area contributed by atoms with Crippen molar-refractivity contribution in [3.05, 3.63) is 42.5 Å². The highest BCUT2D eigenvalue weighted by Crippen LogP contribution is 2.38. The third kappa shape index (κ3) is 4.07. The molecule has 2 aliphatic rings. The van der Waals surface area contributed by atoms with Gasteiger partial charge < -0.3 is 9.64 Å². The summed E-state index contributed by atoms with van der Waals surface area (Å²) in [6.45, 7) is 4.20. The van der Waals surface area contributed by atoms with Crippen LogP contribution in [-0.4, -0.2) is 60.8 Å². The molecule has 0 spiro atoms. The number of amides is 1. The molecule has 0 saturated carbocycles. The zero-order chi connectivity index (χ0) is 18.0. The fourth-order valence-electron chi connectivity index (χ4n) is 3.05. The maximum atomic E-state index is 12.3. The summed E-state index contributed by atoms with van der Waals surface area (Å²) in [5, 5.41) is 0.542. The second kappa shape index (κ2) is 7.21. The SMILES string of the molecule is C=CCN1C(=NC(=O)Cc2ccc(OC)cc2)S[C@@H]2CS(=O)(=O)C[C@@H]21. The summed E-state index contributed by atoms with van der Waals surface area (Å²) in [5.41, 5.74) is 0.858. The van der Waals surface area contributed by atoms with Crippen LogP contribution < -0.4 is 4.74 Å². The Kier molecular flexibility index (Phi) is 5.19. The largest absolute Gasteiger partial charge is 0.497 e. The minimum absolute atomic E-state index is 0.0579. The Balaban J connectivity index is 1.73. The van der Waals surface area contributed by atoms with Crippen molar-refractivity contribution in [1.82, 2.24) is 4.90 Å². The number of ether oxygens (including phenoxy) is 1. The molecule has 0 N–H and O–H groups in total. The zero-order valence-electron chi connectivity index (χ0n) is 13.9. The zero-order valence-corrected chi connectivity index (χ0v) is 15.6. The maximum absolute atomic E-state index is 12.3. The summed E-state index contributed by atoms with van der Waals surface area (Å²) in [4.78, 5) is 18.4. The lowest BCUT2D eigenvalue weighted by atomic mass is 10.1. The fourth-order valence-corrected chi connectivity index (χ4v) is 7.03. The Labute approximate surface area is 151 Å². The molecule has 2 saturated heterocycles. The first kappa shape index (κ1) is 18.0. The summed E-state index contributed by atoms with van der Waals surface area (Å²) in [6.07, 6.45) is 1.90. The average molecular weight is 380 g/mol. The van der Waals surface area contributed by atoms with Gasteiger partial charge in [0.2, 0.25) is 0 Å². The van der Waals surface area contributed by atoms with Crippen LogP contribution in [0.1, 0.15) is 5.56 Å². The third-order valence-electron chi connectivity index (χ3n) is 4.24.